The number of aromatic nitrogens is 2. The zero-order valence-electron chi connectivity index (χ0n) is 15.9. The van der Waals surface area contributed by atoms with Crippen LogP contribution in [0.2, 0.25) is 0 Å². The highest BCUT2D eigenvalue weighted by molar-refractivity contribution is 5.87. The highest BCUT2D eigenvalue weighted by Gasteiger charge is 2.22. The SMILES string of the molecule is CCn1nc(C)c(CN2CCC[C@H](CNC(=O)C=C(C)C)C2)c1C. The van der Waals surface area contributed by atoms with Gasteiger partial charge in [0.05, 0.1) is 5.69 Å². The van der Waals surface area contributed by atoms with E-state index in [4.69, 9.17) is 0 Å². The molecule has 0 bridgehead atoms. The lowest BCUT2D eigenvalue weighted by atomic mass is 9.97. The zero-order valence-corrected chi connectivity index (χ0v) is 15.9. The van der Waals surface area contributed by atoms with E-state index in [1.165, 1.54) is 24.1 Å². The van der Waals surface area contributed by atoms with Gasteiger partial charge in [0.2, 0.25) is 5.91 Å². The van der Waals surface area contributed by atoms with Gasteiger partial charge >= 0.3 is 0 Å². The van der Waals surface area contributed by atoms with E-state index in [9.17, 15) is 4.79 Å². The molecule has 2 rings (SSSR count). The minimum absolute atomic E-state index is 0.0306. The number of carbonyl (C=O) groups excluding carboxylic acids is 1. The average Bonchev–Trinajstić information content (AvgIpc) is 2.80. The first kappa shape index (κ1) is 18.7. The van der Waals surface area contributed by atoms with Crippen LogP contribution in [-0.2, 0) is 17.9 Å². The van der Waals surface area contributed by atoms with Crippen LogP contribution in [0.3, 0.4) is 0 Å². The second-order valence-electron chi connectivity index (χ2n) is 7.18. The molecule has 24 heavy (non-hydrogen) atoms. The number of hydrogen-bond donors (Lipinski definition) is 1. The van der Waals surface area contributed by atoms with Gasteiger partial charge in [-0.05, 0) is 59.9 Å². The Morgan fingerprint density at radius 2 is 2.12 bits per heavy atom. The topological polar surface area (TPSA) is 50.2 Å². The molecule has 1 atom stereocenters. The second-order valence-corrected chi connectivity index (χ2v) is 7.18. The number of nitrogens with zero attached hydrogens (tertiary/aromatic N) is 3. The summed E-state index contributed by atoms with van der Waals surface area (Å²) >= 11 is 0. The lowest BCUT2D eigenvalue weighted by Crippen LogP contribution is -2.40. The number of hydrogen-bond acceptors (Lipinski definition) is 3. The van der Waals surface area contributed by atoms with Crippen molar-refractivity contribution in [2.24, 2.45) is 5.92 Å². The van der Waals surface area contributed by atoms with Crippen LogP contribution >= 0.6 is 0 Å². The Hall–Kier alpha value is -1.62. The fourth-order valence-corrected chi connectivity index (χ4v) is 3.51. The first-order chi connectivity index (χ1) is 11.4. The van der Waals surface area contributed by atoms with Crippen molar-refractivity contribution in [2.45, 2.75) is 60.5 Å². The summed E-state index contributed by atoms with van der Waals surface area (Å²) in [6.45, 7) is 15.1. The van der Waals surface area contributed by atoms with Crippen LogP contribution in [0.4, 0.5) is 0 Å². The Morgan fingerprint density at radius 3 is 2.75 bits per heavy atom. The number of amides is 1. The number of likely N-dealkylation sites (tertiary alicyclic amines) is 1. The van der Waals surface area contributed by atoms with Gasteiger partial charge in [-0.15, -0.1) is 0 Å². The molecule has 1 N–H and O–H groups in total. The maximum Gasteiger partial charge on any atom is 0.243 e. The van der Waals surface area contributed by atoms with Gasteiger partial charge in [0, 0.05) is 43.5 Å². The van der Waals surface area contributed by atoms with Gasteiger partial charge in [-0.3, -0.25) is 14.4 Å². The molecule has 134 valence electrons. The van der Waals surface area contributed by atoms with Crippen LogP contribution < -0.4 is 5.32 Å². The van der Waals surface area contributed by atoms with Gasteiger partial charge in [0.15, 0.2) is 0 Å². The Labute approximate surface area is 146 Å². The summed E-state index contributed by atoms with van der Waals surface area (Å²) in [5.74, 6) is 0.568. The number of allylic oxidation sites excluding steroid dienone is 1. The van der Waals surface area contributed by atoms with Crippen LogP contribution in [0.1, 0.15) is 50.6 Å². The first-order valence-electron chi connectivity index (χ1n) is 9.08. The van der Waals surface area contributed by atoms with Crippen molar-refractivity contribution in [2.75, 3.05) is 19.6 Å². The summed E-state index contributed by atoms with van der Waals surface area (Å²) in [6, 6.07) is 0. The average molecular weight is 332 g/mol. The lowest BCUT2D eigenvalue weighted by Gasteiger charge is -2.32. The second kappa shape index (κ2) is 8.47. The number of rotatable bonds is 6. The third-order valence-corrected chi connectivity index (χ3v) is 4.80. The molecule has 1 saturated heterocycles. The molecule has 5 heteroatoms. The van der Waals surface area contributed by atoms with Crippen LogP contribution in [0, 0.1) is 19.8 Å². The van der Waals surface area contributed by atoms with E-state index >= 15 is 0 Å². The summed E-state index contributed by atoms with van der Waals surface area (Å²) < 4.78 is 2.09. The van der Waals surface area contributed by atoms with Crippen molar-refractivity contribution >= 4 is 5.91 Å². The maximum absolute atomic E-state index is 11.8. The molecular weight excluding hydrogens is 300 g/mol. The van der Waals surface area contributed by atoms with E-state index in [1.54, 1.807) is 6.08 Å². The largest absolute Gasteiger partial charge is 0.352 e. The van der Waals surface area contributed by atoms with Crippen LogP contribution in [-0.4, -0.2) is 40.2 Å². The zero-order chi connectivity index (χ0) is 17.7. The Morgan fingerprint density at radius 1 is 1.38 bits per heavy atom. The van der Waals surface area contributed by atoms with E-state index in [0.29, 0.717) is 5.92 Å². The van der Waals surface area contributed by atoms with Gasteiger partial charge < -0.3 is 5.32 Å². The molecule has 0 spiro atoms. The lowest BCUT2D eigenvalue weighted by molar-refractivity contribution is -0.116. The summed E-state index contributed by atoms with van der Waals surface area (Å²) in [5, 5.41) is 7.67. The Kier molecular flexibility index (Phi) is 6.60. The van der Waals surface area contributed by atoms with E-state index in [-0.39, 0.29) is 5.91 Å². The molecule has 5 nitrogen and oxygen atoms in total. The summed E-state index contributed by atoms with van der Waals surface area (Å²) in [6.07, 6.45) is 4.06. The van der Waals surface area contributed by atoms with Crippen LogP contribution in [0.15, 0.2) is 11.6 Å². The predicted octanol–water partition coefficient (Wildman–Crippen LogP) is 2.81. The number of carbonyl (C=O) groups is 1. The smallest absolute Gasteiger partial charge is 0.243 e. The van der Waals surface area contributed by atoms with E-state index < -0.39 is 0 Å². The minimum atomic E-state index is 0.0306. The Bertz CT molecular complexity index is 599. The molecule has 0 saturated carbocycles. The monoisotopic (exact) mass is 332 g/mol. The van der Waals surface area contributed by atoms with Gasteiger partial charge in [-0.2, -0.15) is 5.10 Å². The molecule has 1 aliphatic heterocycles. The minimum Gasteiger partial charge on any atom is -0.352 e. The molecule has 1 amide bonds. The quantitative estimate of drug-likeness (QED) is 0.815. The fourth-order valence-electron chi connectivity index (χ4n) is 3.51. The van der Waals surface area contributed by atoms with E-state index in [2.05, 4.69) is 40.8 Å². The van der Waals surface area contributed by atoms with E-state index in [0.717, 1.165) is 44.0 Å². The third-order valence-electron chi connectivity index (χ3n) is 4.80. The molecule has 0 radical (unpaired) electrons. The van der Waals surface area contributed by atoms with Crippen molar-refractivity contribution in [1.82, 2.24) is 20.0 Å². The van der Waals surface area contributed by atoms with Gasteiger partial charge in [-0.1, -0.05) is 5.57 Å². The van der Waals surface area contributed by atoms with Crippen molar-refractivity contribution in [3.63, 3.8) is 0 Å². The standard InChI is InChI=1S/C19H32N4O/c1-6-23-16(5)18(15(4)21-23)13-22-9-7-8-17(12-22)11-20-19(24)10-14(2)3/h10,17H,6-9,11-13H2,1-5H3,(H,20,24)/t17-/m1/s1. The third kappa shape index (κ3) is 4.94. The molecule has 1 fully saturated rings. The van der Waals surface area contributed by atoms with Crippen molar-refractivity contribution in [3.05, 3.63) is 28.6 Å². The summed E-state index contributed by atoms with van der Waals surface area (Å²) in [5.41, 5.74) is 4.84. The van der Waals surface area contributed by atoms with Gasteiger partial charge in [-0.25, -0.2) is 0 Å². The molecular formula is C19H32N4O. The fraction of sp³-hybridized carbons (Fsp3) is 0.684. The first-order valence-corrected chi connectivity index (χ1v) is 9.08. The highest BCUT2D eigenvalue weighted by Crippen LogP contribution is 2.21. The van der Waals surface area contributed by atoms with Crippen LogP contribution in [0.25, 0.3) is 0 Å². The molecule has 0 aliphatic carbocycles. The van der Waals surface area contributed by atoms with Crippen molar-refractivity contribution in [1.29, 1.82) is 0 Å². The molecule has 2 heterocycles. The predicted molar refractivity (Wildman–Crippen MR) is 97.8 cm³/mol. The molecule has 0 aromatic carbocycles. The Balaban J connectivity index is 1.90. The van der Waals surface area contributed by atoms with E-state index in [1.807, 2.05) is 13.8 Å². The van der Waals surface area contributed by atoms with Crippen molar-refractivity contribution < 1.29 is 4.79 Å². The van der Waals surface area contributed by atoms with Gasteiger partial charge in [0.25, 0.3) is 0 Å². The molecule has 0 unspecified atom stereocenters. The number of aryl methyl sites for hydroxylation is 2. The number of piperidine rings is 1. The maximum atomic E-state index is 11.8. The van der Waals surface area contributed by atoms with Gasteiger partial charge in [0.1, 0.15) is 0 Å². The molecule has 1 aromatic rings. The summed E-state index contributed by atoms with van der Waals surface area (Å²) in [7, 11) is 0. The van der Waals surface area contributed by atoms with Crippen LogP contribution in [0.5, 0.6) is 0 Å². The molecule has 1 aromatic heterocycles. The number of nitrogens with one attached hydrogen (secondary N) is 1. The highest BCUT2D eigenvalue weighted by atomic mass is 16.1. The normalized spacial score (nSPS) is 18.5. The van der Waals surface area contributed by atoms with Crippen molar-refractivity contribution in [3.8, 4) is 0 Å². The summed E-state index contributed by atoms with van der Waals surface area (Å²) in [4.78, 5) is 14.3. The molecule has 1 aliphatic rings.